The van der Waals surface area contributed by atoms with Crippen molar-refractivity contribution in [2.24, 2.45) is 0 Å². The van der Waals surface area contributed by atoms with Gasteiger partial charge < -0.3 is 10.1 Å². The van der Waals surface area contributed by atoms with E-state index in [0.717, 1.165) is 5.56 Å². The fourth-order valence-corrected chi connectivity index (χ4v) is 4.43. The monoisotopic (exact) mass is 440 g/mol. The first-order chi connectivity index (χ1) is 14.7. The molecule has 1 atom stereocenters. The Kier molecular flexibility index (Phi) is 6.74. The summed E-state index contributed by atoms with van der Waals surface area (Å²) in [6.07, 6.45) is 0. The summed E-state index contributed by atoms with van der Waals surface area (Å²) in [5.74, 6) is 0.840. The van der Waals surface area contributed by atoms with Crippen LogP contribution >= 0.6 is 11.8 Å². The Morgan fingerprint density at radius 2 is 1.90 bits per heavy atom. The standard InChI is InChI=1S/C24H28N2O4S/c1-6-30-21-12-11-17(15(2)27)13-18(21)14-31-16(3)22(28)26-20-10-8-7-9-19(20)25-23(29)24(26,4)5/h7-13,16H,6,14H2,1-5H3,(H,25,29). The number of rotatable bonds is 7. The van der Waals surface area contributed by atoms with Crippen molar-refractivity contribution >= 4 is 40.7 Å². The molecule has 0 bridgehead atoms. The van der Waals surface area contributed by atoms with Crippen molar-refractivity contribution in [3.8, 4) is 5.75 Å². The molecule has 31 heavy (non-hydrogen) atoms. The number of amides is 2. The molecule has 1 aliphatic rings. The minimum atomic E-state index is -1.01. The number of thioether (sulfide) groups is 1. The summed E-state index contributed by atoms with van der Waals surface area (Å²) < 4.78 is 5.70. The molecule has 1 N–H and O–H groups in total. The Morgan fingerprint density at radius 3 is 2.58 bits per heavy atom. The van der Waals surface area contributed by atoms with E-state index in [-0.39, 0.29) is 17.6 Å². The van der Waals surface area contributed by atoms with Gasteiger partial charge in [-0.15, -0.1) is 11.8 Å². The maximum atomic E-state index is 13.5. The number of ether oxygens (including phenoxy) is 1. The lowest BCUT2D eigenvalue weighted by Gasteiger charge is -2.43. The first kappa shape index (κ1) is 22.9. The Morgan fingerprint density at radius 1 is 1.19 bits per heavy atom. The number of benzene rings is 2. The summed E-state index contributed by atoms with van der Waals surface area (Å²) in [6.45, 7) is 9.28. The number of hydrogen-bond donors (Lipinski definition) is 1. The van der Waals surface area contributed by atoms with E-state index in [2.05, 4.69) is 5.32 Å². The minimum Gasteiger partial charge on any atom is -0.494 e. The Bertz CT molecular complexity index is 1020. The molecule has 0 aromatic heterocycles. The predicted octanol–water partition coefficient (Wildman–Crippen LogP) is 4.67. The third-order valence-corrected chi connectivity index (χ3v) is 6.51. The summed E-state index contributed by atoms with van der Waals surface area (Å²) in [5.41, 5.74) is 1.80. The maximum absolute atomic E-state index is 13.5. The van der Waals surface area contributed by atoms with E-state index in [1.807, 2.05) is 38.1 Å². The lowest BCUT2D eigenvalue weighted by Crippen LogP contribution is -2.60. The second kappa shape index (κ2) is 9.14. The van der Waals surface area contributed by atoms with Crippen LogP contribution in [0.1, 0.15) is 50.5 Å². The molecule has 0 saturated heterocycles. The highest BCUT2D eigenvalue weighted by Crippen LogP contribution is 2.38. The van der Waals surface area contributed by atoms with Crippen molar-refractivity contribution in [2.45, 2.75) is 51.2 Å². The molecule has 0 fully saturated rings. The molecule has 0 aliphatic carbocycles. The fourth-order valence-electron chi connectivity index (χ4n) is 3.52. The number of fused-ring (bicyclic) bond motifs is 1. The van der Waals surface area contributed by atoms with Gasteiger partial charge in [0.2, 0.25) is 11.8 Å². The third-order valence-electron chi connectivity index (χ3n) is 5.33. The van der Waals surface area contributed by atoms with Crippen molar-refractivity contribution in [3.63, 3.8) is 0 Å². The van der Waals surface area contributed by atoms with E-state index in [4.69, 9.17) is 4.74 Å². The highest BCUT2D eigenvalue weighted by Gasteiger charge is 2.44. The summed E-state index contributed by atoms with van der Waals surface area (Å²) in [5, 5.41) is 2.47. The van der Waals surface area contributed by atoms with Gasteiger partial charge in [0, 0.05) is 16.9 Å². The van der Waals surface area contributed by atoms with Gasteiger partial charge in [0.15, 0.2) is 5.78 Å². The Balaban J connectivity index is 1.84. The normalized spacial score (nSPS) is 15.6. The summed E-state index contributed by atoms with van der Waals surface area (Å²) in [4.78, 5) is 39.5. The number of carbonyl (C=O) groups is 3. The van der Waals surface area contributed by atoms with Gasteiger partial charge >= 0.3 is 0 Å². The maximum Gasteiger partial charge on any atom is 0.250 e. The number of hydrogen-bond acceptors (Lipinski definition) is 5. The number of para-hydroxylation sites is 2. The summed E-state index contributed by atoms with van der Waals surface area (Å²) in [6, 6.07) is 12.7. The second-order valence-electron chi connectivity index (χ2n) is 7.97. The van der Waals surface area contributed by atoms with Gasteiger partial charge in [0.05, 0.1) is 23.2 Å². The quantitative estimate of drug-likeness (QED) is 0.633. The van der Waals surface area contributed by atoms with Crippen LogP contribution in [0.4, 0.5) is 11.4 Å². The number of carbonyl (C=O) groups excluding carboxylic acids is 3. The molecule has 2 amide bonds. The molecular weight excluding hydrogens is 412 g/mol. The van der Waals surface area contributed by atoms with Crippen LogP contribution in [-0.2, 0) is 15.3 Å². The number of anilines is 2. The number of nitrogens with one attached hydrogen (secondary N) is 1. The molecule has 164 valence electrons. The van der Waals surface area contributed by atoms with Crippen LogP contribution in [0.3, 0.4) is 0 Å². The molecule has 0 spiro atoms. The van der Waals surface area contributed by atoms with Gasteiger partial charge in [-0.05, 0) is 65.0 Å². The largest absolute Gasteiger partial charge is 0.494 e. The lowest BCUT2D eigenvalue weighted by atomic mass is 9.96. The zero-order valence-corrected chi connectivity index (χ0v) is 19.3. The van der Waals surface area contributed by atoms with Crippen molar-refractivity contribution in [1.82, 2.24) is 0 Å². The molecule has 0 radical (unpaired) electrons. The average molecular weight is 441 g/mol. The van der Waals surface area contributed by atoms with E-state index >= 15 is 0 Å². The number of nitrogens with zero attached hydrogens (tertiary/aromatic N) is 1. The highest BCUT2D eigenvalue weighted by molar-refractivity contribution is 7.99. The molecule has 7 heteroatoms. The first-order valence-electron chi connectivity index (χ1n) is 10.3. The third kappa shape index (κ3) is 4.61. The van der Waals surface area contributed by atoms with Gasteiger partial charge in [-0.25, -0.2) is 0 Å². The zero-order chi connectivity index (χ0) is 22.8. The smallest absolute Gasteiger partial charge is 0.250 e. The molecular formula is C24H28N2O4S. The van der Waals surface area contributed by atoms with Gasteiger partial charge in [-0.2, -0.15) is 0 Å². The van der Waals surface area contributed by atoms with Crippen LogP contribution in [0.5, 0.6) is 5.75 Å². The number of Topliss-reactive ketones (excluding diaryl/α,β-unsaturated/α-hetero) is 1. The Hall–Kier alpha value is -2.80. The van der Waals surface area contributed by atoms with Crippen molar-refractivity contribution < 1.29 is 19.1 Å². The average Bonchev–Trinajstić information content (AvgIpc) is 2.73. The summed E-state index contributed by atoms with van der Waals surface area (Å²) >= 11 is 1.45. The van der Waals surface area contributed by atoms with E-state index in [1.165, 1.54) is 18.7 Å². The van der Waals surface area contributed by atoms with E-state index in [1.54, 1.807) is 36.9 Å². The fraction of sp³-hybridized carbons (Fsp3) is 0.375. The van der Waals surface area contributed by atoms with Crippen molar-refractivity contribution in [1.29, 1.82) is 0 Å². The van der Waals surface area contributed by atoms with E-state index in [9.17, 15) is 14.4 Å². The van der Waals surface area contributed by atoms with Crippen molar-refractivity contribution in [3.05, 3.63) is 53.6 Å². The molecule has 2 aromatic rings. The molecule has 1 aliphatic heterocycles. The van der Waals surface area contributed by atoms with Crippen molar-refractivity contribution in [2.75, 3.05) is 16.8 Å². The van der Waals surface area contributed by atoms with Gasteiger partial charge in [-0.1, -0.05) is 12.1 Å². The number of ketones is 1. The first-order valence-corrected chi connectivity index (χ1v) is 11.3. The molecule has 3 rings (SSSR count). The van der Waals surface area contributed by atoms with Gasteiger partial charge in [0.25, 0.3) is 0 Å². The Labute approximate surface area is 187 Å². The SMILES string of the molecule is CCOc1ccc(C(C)=O)cc1CSC(C)C(=O)N1c2ccccc2NC(=O)C1(C)C. The van der Waals surface area contributed by atoms with E-state index < -0.39 is 10.8 Å². The molecule has 2 aromatic carbocycles. The topological polar surface area (TPSA) is 75.7 Å². The van der Waals surface area contributed by atoms with E-state index in [0.29, 0.717) is 35.0 Å². The molecule has 0 saturated carbocycles. The lowest BCUT2D eigenvalue weighted by molar-refractivity contribution is -0.126. The van der Waals surface area contributed by atoms with Crippen LogP contribution in [0.2, 0.25) is 0 Å². The highest BCUT2D eigenvalue weighted by atomic mass is 32.2. The van der Waals surface area contributed by atoms with Crippen LogP contribution in [-0.4, -0.2) is 35.0 Å². The van der Waals surface area contributed by atoms with Gasteiger partial charge in [-0.3, -0.25) is 19.3 Å². The molecule has 1 unspecified atom stereocenters. The predicted molar refractivity (Wildman–Crippen MR) is 125 cm³/mol. The van der Waals surface area contributed by atoms with Crippen LogP contribution in [0.25, 0.3) is 0 Å². The molecule has 1 heterocycles. The van der Waals surface area contributed by atoms with Crippen LogP contribution in [0.15, 0.2) is 42.5 Å². The van der Waals surface area contributed by atoms with Crippen LogP contribution in [0, 0.1) is 0 Å². The molecule has 6 nitrogen and oxygen atoms in total. The minimum absolute atomic E-state index is 0.0175. The second-order valence-corrected chi connectivity index (χ2v) is 9.30. The summed E-state index contributed by atoms with van der Waals surface area (Å²) in [7, 11) is 0. The zero-order valence-electron chi connectivity index (χ0n) is 18.5. The van der Waals surface area contributed by atoms with Crippen LogP contribution < -0.4 is 15.0 Å². The van der Waals surface area contributed by atoms with Gasteiger partial charge in [0.1, 0.15) is 11.3 Å².